The highest BCUT2D eigenvalue weighted by Crippen LogP contribution is 2.37. The average Bonchev–Trinajstić information content (AvgIpc) is 3.08. The Morgan fingerprint density at radius 1 is 1.41 bits per heavy atom. The lowest BCUT2D eigenvalue weighted by molar-refractivity contribution is 0.744. The molecule has 2 aromatic heterocycles. The summed E-state index contributed by atoms with van der Waals surface area (Å²) in [6, 6.07) is 6.51. The molecule has 0 amide bonds. The Morgan fingerprint density at radius 3 is 3.06 bits per heavy atom. The zero-order valence-electron chi connectivity index (χ0n) is 9.80. The minimum Gasteiger partial charge on any atom is -0.370 e. The molecule has 1 aliphatic rings. The summed E-state index contributed by atoms with van der Waals surface area (Å²) >= 11 is 0. The second-order valence-corrected chi connectivity index (χ2v) is 4.23. The third-order valence-electron chi connectivity index (χ3n) is 2.85. The standard InChI is InChI=1S/C12H15N5/c1-2-13-11-5-3-4-10(15-11)12-16-14-8-17(12)9-6-7-9/h3-5,8-9H,2,6-7H2,1H3,(H,13,15). The average molecular weight is 229 g/mol. The summed E-state index contributed by atoms with van der Waals surface area (Å²) in [5.74, 6) is 1.75. The molecule has 3 rings (SSSR count). The van der Waals surface area contributed by atoms with Crippen LogP contribution in [0, 0.1) is 0 Å². The zero-order valence-corrected chi connectivity index (χ0v) is 9.80. The largest absolute Gasteiger partial charge is 0.370 e. The first kappa shape index (κ1) is 10.3. The van der Waals surface area contributed by atoms with Gasteiger partial charge in [0.25, 0.3) is 0 Å². The van der Waals surface area contributed by atoms with Crippen LogP contribution in [0.2, 0.25) is 0 Å². The Bertz CT molecular complexity index is 515. The smallest absolute Gasteiger partial charge is 0.182 e. The number of pyridine rings is 1. The van der Waals surface area contributed by atoms with E-state index in [-0.39, 0.29) is 0 Å². The summed E-state index contributed by atoms with van der Waals surface area (Å²) < 4.78 is 2.12. The molecule has 0 spiro atoms. The van der Waals surface area contributed by atoms with Crippen LogP contribution in [0.3, 0.4) is 0 Å². The van der Waals surface area contributed by atoms with Crippen molar-refractivity contribution in [2.45, 2.75) is 25.8 Å². The van der Waals surface area contributed by atoms with E-state index in [0.717, 1.165) is 23.9 Å². The van der Waals surface area contributed by atoms with Gasteiger partial charge in [0.05, 0.1) is 0 Å². The molecule has 1 fully saturated rings. The first-order valence-electron chi connectivity index (χ1n) is 5.99. The van der Waals surface area contributed by atoms with Crippen molar-refractivity contribution in [1.29, 1.82) is 0 Å². The highest BCUT2D eigenvalue weighted by atomic mass is 15.3. The number of hydrogen-bond donors (Lipinski definition) is 1. The summed E-state index contributed by atoms with van der Waals surface area (Å²) in [5, 5.41) is 11.4. The predicted octanol–water partition coefficient (Wildman–Crippen LogP) is 2.11. The van der Waals surface area contributed by atoms with E-state index in [0.29, 0.717) is 6.04 Å². The van der Waals surface area contributed by atoms with Crippen molar-refractivity contribution in [3.05, 3.63) is 24.5 Å². The quantitative estimate of drug-likeness (QED) is 0.872. The number of nitrogens with zero attached hydrogens (tertiary/aromatic N) is 4. The van der Waals surface area contributed by atoms with Crippen LogP contribution >= 0.6 is 0 Å². The molecule has 88 valence electrons. The fraction of sp³-hybridized carbons (Fsp3) is 0.417. The van der Waals surface area contributed by atoms with E-state index in [1.807, 2.05) is 18.2 Å². The van der Waals surface area contributed by atoms with Crippen molar-refractivity contribution in [2.75, 3.05) is 11.9 Å². The van der Waals surface area contributed by atoms with Crippen LogP contribution in [0.25, 0.3) is 11.5 Å². The summed E-state index contributed by atoms with van der Waals surface area (Å²) in [6.45, 7) is 2.92. The number of aromatic nitrogens is 4. The lowest BCUT2D eigenvalue weighted by Crippen LogP contribution is -2.02. The predicted molar refractivity (Wildman–Crippen MR) is 65.7 cm³/mol. The van der Waals surface area contributed by atoms with Crippen molar-refractivity contribution in [2.24, 2.45) is 0 Å². The van der Waals surface area contributed by atoms with Crippen LogP contribution in [0.5, 0.6) is 0 Å². The van der Waals surface area contributed by atoms with Gasteiger partial charge in [0.15, 0.2) is 5.82 Å². The molecule has 0 radical (unpaired) electrons. The number of nitrogens with one attached hydrogen (secondary N) is 1. The van der Waals surface area contributed by atoms with E-state index in [1.165, 1.54) is 12.8 Å². The molecule has 0 saturated heterocycles. The minimum atomic E-state index is 0.574. The Kier molecular flexibility index (Phi) is 2.51. The maximum Gasteiger partial charge on any atom is 0.182 e. The van der Waals surface area contributed by atoms with Gasteiger partial charge in [-0.1, -0.05) is 6.07 Å². The van der Waals surface area contributed by atoms with Crippen LogP contribution in [0.15, 0.2) is 24.5 Å². The van der Waals surface area contributed by atoms with Crippen molar-refractivity contribution >= 4 is 5.82 Å². The Morgan fingerprint density at radius 2 is 2.29 bits per heavy atom. The summed E-state index contributed by atoms with van der Waals surface area (Å²) in [7, 11) is 0. The number of rotatable bonds is 4. The van der Waals surface area contributed by atoms with E-state index < -0.39 is 0 Å². The van der Waals surface area contributed by atoms with Crippen molar-refractivity contribution in [1.82, 2.24) is 19.7 Å². The molecule has 17 heavy (non-hydrogen) atoms. The lowest BCUT2D eigenvalue weighted by Gasteiger charge is -2.06. The molecule has 2 aromatic rings. The summed E-state index contributed by atoms with van der Waals surface area (Å²) in [6.07, 6.45) is 4.24. The second kappa shape index (κ2) is 4.16. The summed E-state index contributed by atoms with van der Waals surface area (Å²) in [5.41, 5.74) is 0.882. The molecule has 2 heterocycles. The lowest BCUT2D eigenvalue weighted by atomic mass is 10.3. The first-order chi connectivity index (χ1) is 8.38. The normalized spacial score (nSPS) is 14.9. The molecule has 0 bridgehead atoms. The fourth-order valence-electron chi connectivity index (χ4n) is 1.88. The van der Waals surface area contributed by atoms with E-state index in [1.54, 1.807) is 6.33 Å². The summed E-state index contributed by atoms with van der Waals surface area (Å²) in [4.78, 5) is 4.54. The fourth-order valence-corrected chi connectivity index (χ4v) is 1.88. The van der Waals surface area contributed by atoms with Crippen LogP contribution in [-0.4, -0.2) is 26.3 Å². The van der Waals surface area contributed by atoms with Crippen molar-refractivity contribution in [3.63, 3.8) is 0 Å². The maximum absolute atomic E-state index is 4.54. The molecule has 5 heteroatoms. The van der Waals surface area contributed by atoms with Gasteiger partial charge in [-0.15, -0.1) is 10.2 Å². The van der Waals surface area contributed by atoms with Gasteiger partial charge in [-0.25, -0.2) is 4.98 Å². The van der Waals surface area contributed by atoms with Gasteiger partial charge in [-0.05, 0) is 31.9 Å². The molecule has 0 unspecified atom stereocenters. The third-order valence-corrected chi connectivity index (χ3v) is 2.85. The third kappa shape index (κ3) is 2.00. The van der Waals surface area contributed by atoms with E-state index in [9.17, 15) is 0 Å². The van der Waals surface area contributed by atoms with Gasteiger partial charge in [0, 0.05) is 12.6 Å². The molecule has 1 saturated carbocycles. The SMILES string of the molecule is CCNc1cccc(-c2nncn2C2CC2)n1. The van der Waals surface area contributed by atoms with Crippen LogP contribution < -0.4 is 5.32 Å². The maximum atomic E-state index is 4.54. The monoisotopic (exact) mass is 229 g/mol. The molecule has 1 aliphatic carbocycles. The van der Waals surface area contributed by atoms with Gasteiger partial charge in [0.1, 0.15) is 17.8 Å². The Labute approximate surface area is 99.9 Å². The highest BCUT2D eigenvalue weighted by molar-refractivity contribution is 5.53. The van der Waals surface area contributed by atoms with Gasteiger partial charge >= 0.3 is 0 Å². The Balaban J connectivity index is 1.96. The molecule has 0 atom stereocenters. The second-order valence-electron chi connectivity index (χ2n) is 4.23. The molecular weight excluding hydrogens is 214 g/mol. The Hall–Kier alpha value is -1.91. The molecule has 1 N–H and O–H groups in total. The van der Waals surface area contributed by atoms with E-state index in [4.69, 9.17) is 0 Å². The molecule has 0 aromatic carbocycles. The molecule has 0 aliphatic heterocycles. The van der Waals surface area contributed by atoms with Crippen molar-refractivity contribution in [3.8, 4) is 11.5 Å². The number of anilines is 1. The zero-order chi connectivity index (χ0) is 11.7. The van der Waals surface area contributed by atoms with E-state index in [2.05, 4.69) is 32.0 Å². The van der Waals surface area contributed by atoms with Gasteiger partial charge < -0.3 is 9.88 Å². The first-order valence-corrected chi connectivity index (χ1v) is 5.99. The minimum absolute atomic E-state index is 0.574. The highest BCUT2D eigenvalue weighted by Gasteiger charge is 2.26. The molecule has 5 nitrogen and oxygen atoms in total. The van der Waals surface area contributed by atoms with Crippen LogP contribution in [0.4, 0.5) is 5.82 Å². The van der Waals surface area contributed by atoms with Gasteiger partial charge in [-0.3, -0.25) is 0 Å². The topological polar surface area (TPSA) is 55.6 Å². The van der Waals surface area contributed by atoms with Gasteiger partial charge in [0.2, 0.25) is 0 Å². The van der Waals surface area contributed by atoms with E-state index >= 15 is 0 Å². The van der Waals surface area contributed by atoms with Crippen LogP contribution in [0.1, 0.15) is 25.8 Å². The molecular formula is C12H15N5. The van der Waals surface area contributed by atoms with Crippen LogP contribution in [-0.2, 0) is 0 Å². The number of hydrogen-bond acceptors (Lipinski definition) is 4. The van der Waals surface area contributed by atoms with Crippen molar-refractivity contribution < 1.29 is 0 Å². The van der Waals surface area contributed by atoms with Gasteiger partial charge in [-0.2, -0.15) is 0 Å².